The smallest absolute Gasteiger partial charge is 0.173 e. The Labute approximate surface area is 98.7 Å². The Balaban J connectivity index is 1.97. The molecule has 1 aromatic carbocycles. The lowest BCUT2D eigenvalue weighted by molar-refractivity contribution is 0.102. The molecule has 0 bridgehead atoms. The normalized spacial score (nSPS) is 10.3. The van der Waals surface area contributed by atoms with Gasteiger partial charge in [0.05, 0.1) is 12.0 Å². The predicted molar refractivity (Wildman–Crippen MR) is 64.9 cm³/mol. The maximum Gasteiger partial charge on any atom is 0.173 e. The lowest BCUT2D eigenvalue weighted by Gasteiger charge is -2.00. The molecule has 0 unspecified atom stereocenters. The molecule has 16 heavy (non-hydrogen) atoms. The number of furan rings is 1. The van der Waals surface area contributed by atoms with Gasteiger partial charge in [0.2, 0.25) is 0 Å². The molecular formula is C13H12O2S. The number of aryl methyl sites for hydroxylation is 1. The van der Waals surface area contributed by atoms with Gasteiger partial charge in [-0.05, 0) is 13.0 Å². The number of hydrogen-bond acceptors (Lipinski definition) is 3. The zero-order valence-corrected chi connectivity index (χ0v) is 9.79. The van der Waals surface area contributed by atoms with Gasteiger partial charge >= 0.3 is 0 Å². The Kier molecular flexibility index (Phi) is 3.47. The summed E-state index contributed by atoms with van der Waals surface area (Å²) in [5.74, 6) is 1.46. The molecule has 1 heterocycles. The summed E-state index contributed by atoms with van der Waals surface area (Å²) in [6, 6.07) is 11.2. The van der Waals surface area contributed by atoms with Crippen LogP contribution in [0.1, 0.15) is 16.1 Å². The van der Waals surface area contributed by atoms with Crippen molar-refractivity contribution in [3.05, 3.63) is 54.0 Å². The lowest BCUT2D eigenvalue weighted by atomic mass is 10.2. The highest BCUT2D eigenvalue weighted by atomic mass is 32.2. The number of thioether (sulfide) groups is 1. The molecule has 2 aromatic rings. The summed E-state index contributed by atoms with van der Waals surface area (Å²) in [5.41, 5.74) is 0.760. The number of ketones is 1. The summed E-state index contributed by atoms with van der Waals surface area (Å²) in [5, 5.41) is 0. The Morgan fingerprint density at radius 3 is 2.62 bits per heavy atom. The van der Waals surface area contributed by atoms with Crippen LogP contribution in [0.2, 0.25) is 0 Å². The number of hydrogen-bond donors (Lipinski definition) is 0. The van der Waals surface area contributed by atoms with Crippen molar-refractivity contribution in [2.75, 3.05) is 5.75 Å². The van der Waals surface area contributed by atoms with Crippen LogP contribution in [0.25, 0.3) is 0 Å². The standard InChI is InChI=1S/C13H12O2S/c1-10-13(7-8-15-10)16-9-12(14)11-5-3-2-4-6-11/h2-8H,9H2,1H3. The fraction of sp³-hybridized carbons (Fsp3) is 0.154. The molecule has 82 valence electrons. The van der Waals surface area contributed by atoms with E-state index in [0.717, 1.165) is 16.2 Å². The molecule has 0 saturated carbocycles. The number of Topliss-reactive ketones (excluding diaryl/α,β-unsaturated/α-hetero) is 1. The van der Waals surface area contributed by atoms with E-state index in [1.807, 2.05) is 43.3 Å². The van der Waals surface area contributed by atoms with Gasteiger partial charge in [0.15, 0.2) is 5.78 Å². The van der Waals surface area contributed by atoms with Crippen LogP contribution >= 0.6 is 11.8 Å². The third-order valence-corrected chi connectivity index (χ3v) is 3.41. The fourth-order valence-corrected chi connectivity index (χ4v) is 2.23. The minimum atomic E-state index is 0.145. The van der Waals surface area contributed by atoms with Gasteiger partial charge in [-0.15, -0.1) is 11.8 Å². The summed E-state index contributed by atoms with van der Waals surface area (Å²) in [4.78, 5) is 12.8. The number of carbonyl (C=O) groups is 1. The number of carbonyl (C=O) groups excluding carboxylic acids is 1. The first-order valence-electron chi connectivity index (χ1n) is 5.02. The SMILES string of the molecule is Cc1occc1SCC(=O)c1ccccc1. The maximum atomic E-state index is 11.8. The van der Waals surface area contributed by atoms with Crippen molar-refractivity contribution in [1.82, 2.24) is 0 Å². The second kappa shape index (κ2) is 5.03. The van der Waals surface area contributed by atoms with Crippen molar-refractivity contribution >= 4 is 17.5 Å². The summed E-state index contributed by atoms with van der Waals surface area (Å²) >= 11 is 1.51. The van der Waals surface area contributed by atoms with Crippen LogP contribution < -0.4 is 0 Å². The zero-order chi connectivity index (χ0) is 11.4. The summed E-state index contributed by atoms with van der Waals surface area (Å²) in [7, 11) is 0. The topological polar surface area (TPSA) is 30.2 Å². The first kappa shape index (κ1) is 11.0. The minimum absolute atomic E-state index is 0.145. The largest absolute Gasteiger partial charge is 0.468 e. The quantitative estimate of drug-likeness (QED) is 0.596. The highest BCUT2D eigenvalue weighted by molar-refractivity contribution is 8.00. The van der Waals surface area contributed by atoms with E-state index in [9.17, 15) is 4.79 Å². The van der Waals surface area contributed by atoms with E-state index in [0.29, 0.717) is 5.75 Å². The van der Waals surface area contributed by atoms with Crippen molar-refractivity contribution in [3.63, 3.8) is 0 Å². The molecular weight excluding hydrogens is 220 g/mol. The number of benzene rings is 1. The summed E-state index contributed by atoms with van der Waals surface area (Å²) < 4.78 is 5.17. The van der Waals surface area contributed by atoms with Crippen LogP contribution in [0.5, 0.6) is 0 Å². The number of rotatable bonds is 4. The van der Waals surface area contributed by atoms with Crippen molar-refractivity contribution in [2.24, 2.45) is 0 Å². The molecule has 2 rings (SSSR count). The molecule has 3 heteroatoms. The van der Waals surface area contributed by atoms with Gasteiger partial charge in [0.1, 0.15) is 5.76 Å². The predicted octanol–water partition coefficient (Wildman–Crippen LogP) is 3.56. The molecule has 0 spiro atoms. The molecule has 0 saturated heterocycles. The first-order chi connectivity index (χ1) is 7.77. The Morgan fingerprint density at radius 1 is 1.25 bits per heavy atom. The van der Waals surface area contributed by atoms with Gasteiger partial charge in [0, 0.05) is 10.5 Å². The van der Waals surface area contributed by atoms with Gasteiger partial charge in [-0.2, -0.15) is 0 Å². The van der Waals surface area contributed by atoms with E-state index in [2.05, 4.69) is 0 Å². The molecule has 1 aromatic heterocycles. The third kappa shape index (κ3) is 2.55. The van der Waals surface area contributed by atoms with E-state index in [1.165, 1.54) is 11.8 Å². The van der Waals surface area contributed by atoms with E-state index in [1.54, 1.807) is 6.26 Å². The second-order valence-electron chi connectivity index (χ2n) is 3.42. The lowest BCUT2D eigenvalue weighted by Crippen LogP contribution is -2.01. The van der Waals surface area contributed by atoms with Crippen molar-refractivity contribution in [2.45, 2.75) is 11.8 Å². The Bertz CT molecular complexity index is 474. The van der Waals surface area contributed by atoms with Crippen LogP contribution in [0.4, 0.5) is 0 Å². The molecule has 0 amide bonds. The van der Waals surface area contributed by atoms with E-state index >= 15 is 0 Å². The average Bonchev–Trinajstić information content (AvgIpc) is 2.73. The van der Waals surface area contributed by atoms with Crippen LogP contribution in [-0.4, -0.2) is 11.5 Å². The van der Waals surface area contributed by atoms with Crippen molar-refractivity contribution < 1.29 is 9.21 Å². The summed E-state index contributed by atoms with van der Waals surface area (Å²) in [6.45, 7) is 1.90. The highest BCUT2D eigenvalue weighted by Crippen LogP contribution is 2.23. The third-order valence-electron chi connectivity index (χ3n) is 2.27. The Hall–Kier alpha value is -1.48. The Morgan fingerprint density at radius 2 is 2.00 bits per heavy atom. The second-order valence-corrected chi connectivity index (χ2v) is 4.44. The van der Waals surface area contributed by atoms with Crippen molar-refractivity contribution in [1.29, 1.82) is 0 Å². The molecule has 0 aliphatic rings. The molecule has 0 aliphatic carbocycles. The molecule has 0 radical (unpaired) electrons. The molecule has 0 aliphatic heterocycles. The maximum absolute atomic E-state index is 11.8. The first-order valence-corrected chi connectivity index (χ1v) is 6.01. The van der Waals surface area contributed by atoms with Gasteiger partial charge in [-0.3, -0.25) is 4.79 Å². The average molecular weight is 232 g/mol. The molecule has 0 fully saturated rings. The highest BCUT2D eigenvalue weighted by Gasteiger charge is 2.08. The molecule has 0 atom stereocenters. The van der Waals surface area contributed by atoms with E-state index in [-0.39, 0.29) is 5.78 Å². The van der Waals surface area contributed by atoms with Crippen LogP contribution in [0.3, 0.4) is 0 Å². The van der Waals surface area contributed by atoms with E-state index < -0.39 is 0 Å². The van der Waals surface area contributed by atoms with Gasteiger partial charge in [0.25, 0.3) is 0 Å². The summed E-state index contributed by atoms with van der Waals surface area (Å²) in [6.07, 6.45) is 1.64. The monoisotopic (exact) mass is 232 g/mol. The van der Waals surface area contributed by atoms with Crippen molar-refractivity contribution in [3.8, 4) is 0 Å². The van der Waals surface area contributed by atoms with Crippen LogP contribution in [0.15, 0.2) is 52.0 Å². The molecule has 2 nitrogen and oxygen atoms in total. The van der Waals surface area contributed by atoms with Gasteiger partial charge in [-0.25, -0.2) is 0 Å². The molecule has 0 N–H and O–H groups in total. The fourth-order valence-electron chi connectivity index (χ4n) is 1.37. The zero-order valence-electron chi connectivity index (χ0n) is 8.97. The van der Waals surface area contributed by atoms with Crippen LogP contribution in [-0.2, 0) is 0 Å². The van der Waals surface area contributed by atoms with E-state index in [4.69, 9.17) is 4.42 Å². The van der Waals surface area contributed by atoms with Gasteiger partial charge in [-0.1, -0.05) is 30.3 Å². The minimum Gasteiger partial charge on any atom is -0.468 e. The van der Waals surface area contributed by atoms with Crippen LogP contribution in [0, 0.1) is 6.92 Å². The van der Waals surface area contributed by atoms with Gasteiger partial charge < -0.3 is 4.42 Å².